The van der Waals surface area contributed by atoms with Crippen LogP contribution in [0.5, 0.6) is 0 Å². The summed E-state index contributed by atoms with van der Waals surface area (Å²) in [5, 5.41) is 1.08. The Morgan fingerprint density at radius 2 is 1.81 bits per heavy atom. The maximum atomic E-state index is 11.6. The second-order valence-corrected chi connectivity index (χ2v) is 5.38. The lowest BCUT2D eigenvalue weighted by Gasteiger charge is -2.12. The average Bonchev–Trinajstić information content (AvgIpc) is 2.41. The molecule has 0 aliphatic carbocycles. The number of halogens is 3. The maximum absolute atomic E-state index is 11.6. The van der Waals surface area contributed by atoms with Gasteiger partial charge in [-0.25, -0.2) is 0 Å². The number of ether oxygens (including phenoxy) is 2. The molecule has 0 aromatic heterocycles. The second-order valence-electron chi connectivity index (χ2n) is 4.13. The molecule has 0 spiro atoms. The van der Waals surface area contributed by atoms with E-state index >= 15 is 0 Å². The van der Waals surface area contributed by atoms with Gasteiger partial charge >= 0.3 is 0 Å². The van der Waals surface area contributed by atoms with E-state index in [0.717, 1.165) is 0 Å². The van der Waals surface area contributed by atoms with Crippen LogP contribution in [0.15, 0.2) is 12.1 Å². The third-order valence-corrected chi connectivity index (χ3v) is 3.27. The molecular formula is C13H17Cl3N2O3. The highest BCUT2D eigenvalue weighted by atomic mass is 35.5. The first-order chi connectivity index (χ1) is 10.0. The van der Waals surface area contributed by atoms with Crippen molar-refractivity contribution >= 4 is 46.4 Å². The third-order valence-electron chi connectivity index (χ3n) is 2.46. The standard InChI is InChI=1S/C13H17Cl3N2O3/c1-20-5-6-21-4-2-3-12(19)17-18-13-10(15)7-9(14)8-11(13)16/h7-8,18H,2-6H2,1H3,(H,17,19). The van der Waals surface area contributed by atoms with Gasteiger partial charge in [0.1, 0.15) is 0 Å². The van der Waals surface area contributed by atoms with Gasteiger partial charge in [-0.05, 0) is 18.6 Å². The molecule has 0 aliphatic heterocycles. The van der Waals surface area contributed by atoms with Crippen LogP contribution in [0.3, 0.4) is 0 Å². The molecule has 0 heterocycles. The number of benzene rings is 1. The molecule has 8 heteroatoms. The van der Waals surface area contributed by atoms with Crippen molar-refractivity contribution in [2.24, 2.45) is 0 Å². The highest BCUT2D eigenvalue weighted by molar-refractivity contribution is 6.41. The first-order valence-corrected chi connectivity index (χ1v) is 7.44. The minimum absolute atomic E-state index is 0.188. The lowest BCUT2D eigenvalue weighted by atomic mass is 10.3. The number of amides is 1. The van der Waals surface area contributed by atoms with Crippen LogP contribution in [0.2, 0.25) is 15.1 Å². The van der Waals surface area contributed by atoms with Crippen LogP contribution >= 0.6 is 34.8 Å². The molecule has 0 saturated carbocycles. The molecule has 0 saturated heterocycles. The summed E-state index contributed by atoms with van der Waals surface area (Å²) >= 11 is 17.8. The Bertz CT molecular complexity index is 449. The second kappa shape index (κ2) is 10.1. The van der Waals surface area contributed by atoms with Gasteiger partial charge < -0.3 is 9.47 Å². The van der Waals surface area contributed by atoms with Crippen LogP contribution in [-0.2, 0) is 14.3 Å². The van der Waals surface area contributed by atoms with Crippen molar-refractivity contribution in [1.29, 1.82) is 0 Å². The third kappa shape index (κ3) is 7.20. The highest BCUT2D eigenvalue weighted by Gasteiger charge is 2.08. The van der Waals surface area contributed by atoms with Gasteiger partial charge in [0.2, 0.25) is 5.91 Å². The number of hydrogen-bond donors (Lipinski definition) is 2. The molecule has 1 aromatic carbocycles. The van der Waals surface area contributed by atoms with Gasteiger partial charge in [-0.1, -0.05) is 34.8 Å². The summed E-state index contributed by atoms with van der Waals surface area (Å²) in [6.45, 7) is 1.56. The zero-order valence-corrected chi connectivity index (χ0v) is 13.8. The maximum Gasteiger partial charge on any atom is 0.238 e. The quantitative estimate of drug-likeness (QED) is 0.525. The Morgan fingerprint density at radius 3 is 2.43 bits per heavy atom. The van der Waals surface area contributed by atoms with E-state index in [1.165, 1.54) is 12.1 Å². The molecule has 21 heavy (non-hydrogen) atoms. The predicted octanol–water partition coefficient (Wildman–Crippen LogP) is 3.53. The van der Waals surface area contributed by atoms with Crippen LogP contribution in [0.1, 0.15) is 12.8 Å². The summed E-state index contributed by atoms with van der Waals surface area (Å²) in [6, 6.07) is 3.07. The SMILES string of the molecule is COCCOCCCC(=O)NNc1c(Cl)cc(Cl)cc1Cl. The van der Waals surface area contributed by atoms with Crippen LogP contribution in [0.4, 0.5) is 5.69 Å². The Labute approximate surface area is 138 Å². The van der Waals surface area contributed by atoms with Gasteiger partial charge in [0, 0.05) is 25.2 Å². The Morgan fingerprint density at radius 1 is 1.14 bits per heavy atom. The van der Waals surface area contributed by atoms with Gasteiger partial charge in [-0.2, -0.15) is 0 Å². The zero-order valence-electron chi connectivity index (χ0n) is 11.5. The highest BCUT2D eigenvalue weighted by Crippen LogP contribution is 2.32. The summed E-state index contributed by atoms with van der Waals surface area (Å²) in [5.41, 5.74) is 5.62. The number of hydrogen-bond acceptors (Lipinski definition) is 4. The molecule has 1 amide bonds. The summed E-state index contributed by atoms with van der Waals surface area (Å²) in [7, 11) is 1.61. The van der Waals surface area contributed by atoms with Crippen LogP contribution in [-0.4, -0.2) is 32.8 Å². The number of carbonyl (C=O) groups is 1. The van der Waals surface area contributed by atoms with E-state index in [-0.39, 0.29) is 5.91 Å². The predicted molar refractivity (Wildman–Crippen MR) is 85.2 cm³/mol. The van der Waals surface area contributed by atoms with Crippen LogP contribution in [0.25, 0.3) is 0 Å². The number of methoxy groups -OCH3 is 1. The Kier molecular flexibility index (Phi) is 8.80. The molecule has 2 N–H and O–H groups in total. The van der Waals surface area contributed by atoms with E-state index in [2.05, 4.69) is 10.9 Å². The number of anilines is 1. The van der Waals surface area contributed by atoms with Gasteiger partial charge in [0.15, 0.2) is 0 Å². The Balaban J connectivity index is 2.27. The number of nitrogens with one attached hydrogen (secondary N) is 2. The molecule has 5 nitrogen and oxygen atoms in total. The van der Waals surface area contributed by atoms with E-state index in [1.807, 2.05) is 0 Å². The van der Waals surface area contributed by atoms with Crippen molar-refractivity contribution in [3.63, 3.8) is 0 Å². The summed E-state index contributed by atoms with van der Waals surface area (Å²) in [6.07, 6.45) is 0.933. The van der Waals surface area contributed by atoms with Gasteiger partial charge in [0.25, 0.3) is 0 Å². The normalized spacial score (nSPS) is 10.5. The van der Waals surface area contributed by atoms with Gasteiger partial charge in [-0.3, -0.25) is 15.6 Å². The minimum Gasteiger partial charge on any atom is -0.382 e. The smallest absolute Gasteiger partial charge is 0.238 e. The van der Waals surface area contributed by atoms with E-state index in [1.54, 1.807) is 7.11 Å². The monoisotopic (exact) mass is 354 g/mol. The lowest BCUT2D eigenvalue weighted by molar-refractivity contribution is -0.120. The summed E-state index contributed by atoms with van der Waals surface area (Å²) in [5.74, 6) is -0.188. The van der Waals surface area contributed by atoms with Crippen molar-refractivity contribution in [1.82, 2.24) is 5.43 Å². The molecule has 0 bridgehead atoms. The number of carbonyl (C=O) groups excluding carboxylic acids is 1. The molecule has 118 valence electrons. The fraction of sp³-hybridized carbons (Fsp3) is 0.462. The first-order valence-electron chi connectivity index (χ1n) is 6.30. The summed E-state index contributed by atoms with van der Waals surface area (Å²) < 4.78 is 10.1. The first kappa shape index (κ1) is 18.3. The molecule has 0 unspecified atom stereocenters. The Hall–Kier alpha value is -0.720. The van der Waals surface area contributed by atoms with E-state index in [4.69, 9.17) is 44.3 Å². The average molecular weight is 356 g/mol. The molecule has 0 aliphatic rings. The molecule has 0 radical (unpaired) electrons. The van der Waals surface area contributed by atoms with Crippen molar-refractivity contribution in [2.45, 2.75) is 12.8 Å². The molecule has 1 rings (SSSR count). The van der Waals surface area contributed by atoms with Crippen molar-refractivity contribution in [2.75, 3.05) is 32.4 Å². The summed E-state index contributed by atoms with van der Waals surface area (Å²) in [4.78, 5) is 11.6. The largest absolute Gasteiger partial charge is 0.382 e. The lowest BCUT2D eigenvalue weighted by Crippen LogP contribution is -2.29. The number of rotatable bonds is 9. The van der Waals surface area contributed by atoms with E-state index in [0.29, 0.717) is 53.4 Å². The topological polar surface area (TPSA) is 59.6 Å². The van der Waals surface area contributed by atoms with Gasteiger partial charge in [-0.15, -0.1) is 0 Å². The fourth-order valence-electron chi connectivity index (χ4n) is 1.44. The number of hydrazine groups is 1. The van der Waals surface area contributed by atoms with E-state index < -0.39 is 0 Å². The van der Waals surface area contributed by atoms with Crippen molar-refractivity contribution < 1.29 is 14.3 Å². The molecule has 0 fully saturated rings. The van der Waals surface area contributed by atoms with Crippen molar-refractivity contribution in [3.8, 4) is 0 Å². The van der Waals surface area contributed by atoms with Crippen LogP contribution in [0, 0.1) is 0 Å². The molecule has 1 aromatic rings. The van der Waals surface area contributed by atoms with E-state index in [9.17, 15) is 4.79 Å². The fourth-order valence-corrected chi connectivity index (χ4v) is 2.35. The zero-order chi connectivity index (χ0) is 15.7. The minimum atomic E-state index is -0.188. The molecule has 0 atom stereocenters. The molecular weight excluding hydrogens is 339 g/mol. The van der Waals surface area contributed by atoms with Crippen molar-refractivity contribution in [3.05, 3.63) is 27.2 Å². The van der Waals surface area contributed by atoms with Gasteiger partial charge in [0.05, 0.1) is 28.9 Å². The van der Waals surface area contributed by atoms with Crippen LogP contribution < -0.4 is 10.9 Å².